The van der Waals surface area contributed by atoms with Crippen LogP contribution in [0.25, 0.3) is 0 Å². The number of halogens is 1. The molecule has 0 aliphatic heterocycles. The number of guanidine groups is 1. The topological polar surface area (TPSA) is 54.2 Å². The predicted molar refractivity (Wildman–Crippen MR) is 120 cm³/mol. The summed E-state index contributed by atoms with van der Waals surface area (Å²) in [6.07, 6.45) is 10.6. The highest BCUT2D eigenvalue weighted by Crippen LogP contribution is 2.07. The van der Waals surface area contributed by atoms with Crippen molar-refractivity contribution in [2.45, 2.75) is 58.7 Å². The normalized spacial score (nSPS) is 12.3. The highest BCUT2D eigenvalue weighted by molar-refractivity contribution is 14.0. The van der Waals surface area contributed by atoms with E-state index in [0.29, 0.717) is 6.04 Å². The van der Waals surface area contributed by atoms with Crippen molar-refractivity contribution in [2.24, 2.45) is 4.99 Å². The quantitative estimate of drug-likeness (QED) is 0.251. The molecule has 144 valence electrons. The van der Waals surface area contributed by atoms with Crippen molar-refractivity contribution < 1.29 is 0 Å². The number of hydrogen-bond acceptors (Lipinski definition) is 2. The molecule has 26 heavy (non-hydrogen) atoms. The molecule has 1 aromatic heterocycles. The van der Waals surface area contributed by atoms with Crippen LogP contribution in [-0.2, 0) is 13.1 Å². The van der Waals surface area contributed by atoms with Crippen molar-refractivity contribution >= 4 is 29.9 Å². The third-order valence-electron chi connectivity index (χ3n) is 4.25. The molecule has 0 aliphatic rings. The summed E-state index contributed by atoms with van der Waals surface area (Å²) in [6.45, 7) is 6.08. The second-order valence-electron chi connectivity index (χ2n) is 6.52. The number of aliphatic imine (C=N–C) groups is 1. The molecule has 2 rings (SSSR count). The smallest absolute Gasteiger partial charge is 0.191 e. The van der Waals surface area contributed by atoms with E-state index in [1.807, 2.05) is 19.6 Å². The summed E-state index contributed by atoms with van der Waals surface area (Å²) in [4.78, 5) is 8.40. The standard InChI is InChI=1S/C20H31N5.HI/c1-4-5-6-7-17(2)24-20(21-3)23-14-18-8-10-19(11-9-18)15-25-13-12-22-16-25;/h8-13,16-17H,4-7,14-15H2,1-3H3,(H2,21,23,24);1H. The zero-order valence-electron chi connectivity index (χ0n) is 16.1. The Morgan fingerprint density at radius 2 is 1.92 bits per heavy atom. The number of unbranched alkanes of at least 4 members (excludes halogenated alkanes) is 2. The summed E-state index contributed by atoms with van der Waals surface area (Å²) in [7, 11) is 1.82. The number of benzene rings is 1. The van der Waals surface area contributed by atoms with Crippen LogP contribution in [0.15, 0.2) is 48.0 Å². The van der Waals surface area contributed by atoms with E-state index >= 15 is 0 Å². The first-order valence-electron chi connectivity index (χ1n) is 9.22. The van der Waals surface area contributed by atoms with Gasteiger partial charge in [0.1, 0.15) is 0 Å². The summed E-state index contributed by atoms with van der Waals surface area (Å²) < 4.78 is 2.07. The largest absolute Gasteiger partial charge is 0.354 e. The van der Waals surface area contributed by atoms with Crippen LogP contribution >= 0.6 is 24.0 Å². The van der Waals surface area contributed by atoms with Crippen LogP contribution in [-0.4, -0.2) is 28.6 Å². The highest BCUT2D eigenvalue weighted by Gasteiger charge is 2.05. The van der Waals surface area contributed by atoms with E-state index < -0.39 is 0 Å². The van der Waals surface area contributed by atoms with Gasteiger partial charge in [0.2, 0.25) is 0 Å². The first kappa shape index (κ1) is 22.5. The molecule has 0 aliphatic carbocycles. The molecule has 6 heteroatoms. The molecular weight excluding hydrogens is 437 g/mol. The Hall–Kier alpha value is -1.57. The molecule has 0 radical (unpaired) electrons. The Kier molecular flexibility index (Phi) is 11.0. The van der Waals surface area contributed by atoms with E-state index in [4.69, 9.17) is 0 Å². The molecule has 0 saturated heterocycles. The zero-order chi connectivity index (χ0) is 17.9. The minimum Gasteiger partial charge on any atom is -0.354 e. The van der Waals surface area contributed by atoms with Gasteiger partial charge in [0.05, 0.1) is 6.33 Å². The summed E-state index contributed by atoms with van der Waals surface area (Å²) >= 11 is 0. The van der Waals surface area contributed by atoms with Crippen LogP contribution < -0.4 is 10.6 Å². The molecule has 1 aromatic carbocycles. The molecule has 2 N–H and O–H groups in total. The SMILES string of the molecule is CCCCCC(C)NC(=NC)NCc1ccc(Cn2ccnc2)cc1.I. The van der Waals surface area contributed by atoms with Gasteiger partial charge in [-0.2, -0.15) is 0 Å². The third-order valence-corrected chi connectivity index (χ3v) is 4.25. The number of aromatic nitrogens is 2. The molecular formula is C20H32IN5. The van der Waals surface area contributed by atoms with Gasteiger partial charge >= 0.3 is 0 Å². The van der Waals surface area contributed by atoms with E-state index in [0.717, 1.165) is 19.0 Å². The Labute approximate surface area is 174 Å². The molecule has 5 nitrogen and oxygen atoms in total. The van der Waals surface area contributed by atoms with E-state index in [1.54, 1.807) is 6.20 Å². The van der Waals surface area contributed by atoms with Gasteiger partial charge in [0.25, 0.3) is 0 Å². The van der Waals surface area contributed by atoms with Crippen LogP contribution in [0.1, 0.15) is 50.7 Å². The molecule has 0 amide bonds. The van der Waals surface area contributed by atoms with E-state index in [-0.39, 0.29) is 24.0 Å². The van der Waals surface area contributed by atoms with Crippen molar-refractivity contribution in [3.8, 4) is 0 Å². The van der Waals surface area contributed by atoms with Gasteiger partial charge in [-0.05, 0) is 24.5 Å². The predicted octanol–water partition coefficient (Wildman–Crippen LogP) is 4.18. The fourth-order valence-electron chi connectivity index (χ4n) is 2.74. The van der Waals surface area contributed by atoms with Gasteiger partial charge in [-0.1, -0.05) is 50.5 Å². The van der Waals surface area contributed by atoms with Crippen LogP contribution in [0.5, 0.6) is 0 Å². The molecule has 1 unspecified atom stereocenters. The number of nitrogens with one attached hydrogen (secondary N) is 2. The second-order valence-corrected chi connectivity index (χ2v) is 6.52. The number of hydrogen-bond donors (Lipinski definition) is 2. The maximum absolute atomic E-state index is 4.32. The minimum absolute atomic E-state index is 0. The average molecular weight is 469 g/mol. The lowest BCUT2D eigenvalue weighted by molar-refractivity contribution is 0.546. The van der Waals surface area contributed by atoms with E-state index in [1.165, 1.54) is 36.8 Å². The monoisotopic (exact) mass is 469 g/mol. The molecule has 1 heterocycles. The van der Waals surface area contributed by atoms with Gasteiger partial charge < -0.3 is 15.2 Å². The lowest BCUT2D eigenvalue weighted by atomic mass is 10.1. The molecule has 1 atom stereocenters. The van der Waals surface area contributed by atoms with Crippen LogP contribution in [0.4, 0.5) is 0 Å². The van der Waals surface area contributed by atoms with Crippen LogP contribution in [0.2, 0.25) is 0 Å². The van der Waals surface area contributed by atoms with Crippen molar-refractivity contribution in [3.63, 3.8) is 0 Å². The number of nitrogens with zero attached hydrogens (tertiary/aromatic N) is 3. The lowest BCUT2D eigenvalue weighted by Crippen LogP contribution is -2.41. The van der Waals surface area contributed by atoms with Crippen molar-refractivity contribution in [1.82, 2.24) is 20.2 Å². The van der Waals surface area contributed by atoms with Crippen LogP contribution in [0.3, 0.4) is 0 Å². The Morgan fingerprint density at radius 1 is 1.19 bits per heavy atom. The highest BCUT2D eigenvalue weighted by atomic mass is 127. The fourth-order valence-corrected chi connectivity index (χ4v) is 2.74. The van der Waals surface area contributed by atoms with E-state index in [2.05, 4.69) is 63.3 Å². The Balaban J connectivity index is 0.00000338. The van der Waals surface area contributed by atoms with Crippen molar-refractivity contribution in [1.29, 1.82) is 0 Å². The van der Waals surface area contributed by atoms with Crippen molar-refractivity contribution in [3.05, 3.63) is 54.1 Å². The molecule has 0 saturated carbocycles. The Bertz CT molecular complexity index is 622. The van der Waals surface area contributed by atoms with Gasteiger partial charge in [-0.3, -0.25) is 4.99 Å². The van der Waals surface area contributed by atoms with Gasteiger partial charge in [0.15, 0.2) is 5.96 Å². The van der Waals surface area contributed by atoms with Gasteiger partial charge in [-0.15, -0.1) is 24.0 Å². The average Bonchev–Trinajstić information content (AvgIpc) is 3.13. The maximum Gasteiger partial charge on any atom is 0.191 e. The Morgan fingerprint density at radius 3 is 2.54 bits per heavy atom. The summed E-state index contributed by atoms with van der Waals surface area (Å²) in [5, 5.41) is 6.86. The maximum atomic E-state index is 4.32. The van der Waals surface area contributed by atoms with Crippen molar-refractivity contribution in [2.75, 3.05) is 7.05 Å². The molecule has 0 bridgehead atoms. The van der Waals surface area contributed by atoms with Gasteiger partial charge in [-0.25, -0.2) is 4.98 Å². The number of imidazole rings is 1. The van der Waals surface area contributed by atoms with E-state index in [9.17, 15) is 0 Å². The first-order chi connectivity index (χ1) is 12.2. The molecule has 2 aromatic rings. The van der Waals surface area contributed by atoms with Gasteiger partial charge in [0, 0.05) is 38.6 Å². The summed E-state index contributed by atoms with van der Waals surface area (Å²) in [5.41, 5.74) is 2.52. The minimum atomic E-state index is 0. The fraction of sp³-hybridized carbons (Fsp3) is 0.500. The molecule has 0 spiro atoms. The summed E-state index contributed by atoms with van der Waals surface area (Å²) in [5.74, 6) is 0.867. The zero-order valence-corrected chi connectivity index (χ0v) is 18.4. The summed E-state index contributed by atoms with van der Waals surface area (Å²) in [6, 6.07) is 9.10. The first-order valence-corrected chi connectivity index (χ1v) is 9.22. The third kappa shape index (κ3) is 8.21. The second kappa shape index (κ2) is 12.7. The lowest BCUT2D eigenvalue weighted by Gasteiger charge is -2.18. The molecule has 0 fully saturated rings. The number of rotatable bonds is 9. The van der Waals surface area contributed by atoms with Crippen LogP contribution in [0, 0.1) is 0 Å².